The van der Waals surface area contributed by atoms with Crippen LogP contribution in [-0.2, 0) is 31.3 Å². The van der Waals surface area contributed by atoms with E-state index in [1.807, 2.05) is 6.07 Å². The number of rotatable bonds is 9. The lowest BCUT2D eigenvalue weighted by molar-refractivity contribution is -0.124. The Morgan fingerprint density at radius 2 is 1.68 bits per heavy atom. The largest absolute Gasteiger partial charge is 0.373 e. The molecule has 37 heavy (non-hydrogen) atoms. The molecule has 10 nitrogen and oxygen atoms in total. The van der Waals surface area contributed by atoms with Gasteiger partial charge in [-0.1, -0.05) is 54.6 Å². The molecule has 12 heteroatoms. The predicted octanol–water partition coefficient (Wildman–Crippen LogP) is 2.29. The van der Waals surface area contributed by atoms with Gasteiger partial charge >= 0.3 is 0 Å². The van der Waals surface area contributed by atoms with Crippen molar-refractivity contribution in [3.63, 3.8) is 0 Å². The van der Waals surface area contributed by atoms with E-state index in [1.165, 1.54) is 6.21 Å². The van der Waals surface area contributed by atoms with Gasteiger partial charge in [0.05, 0.1) is 30.4 Å². The molecule has 0 aliphatic rings. The van der Waals surface area contributed by atoms with Crippen molar-refractivity contribution in [2.45, 2.75) is 12.5 Å². The van der Waals surface area contributed by atoms with Crippen LogP contribution in [0.5, 0.6) is 0 Å². The Hall–Kier alpha value is -4.21. The average Bonchev–Trinajstić information content (AvgIpc) is 2.83. The summed E-state index contributed by atoms with van der Waals surface area (Å²) in [5.74, 6) is 4.06. The minimum Gasteiger partial charge on any atom is -0.373 e. The third kappa shape index (κ3) is 6.93. The first-order valence-electron chi connectivity index (χ1n) is 10.9. The minimum atomic E-state index is -4.43. The summed E-state index contributed by atoms with van der Waals surface area (Å²) >= 11 is 0. The maximum Gasteiger partial charge on any atom is 0.272 e. The van der Waals surface area contributed by atoms with E-state index in [0.29, 0.717) is 34.9 Å². The van der Waals surface area contributed by atoms with Gasteiger partial charge in [-0.2, -0.15) is 10.4 Å². The van der Waals surface area contributed by atoms with Crippen molar-refractivity contribution < 1.29 is 21.6 Å². The van der Waals surface area contributed by atoms with Crippen LogP contribution >= 0.6 is 0 Å². The highest BCUT2D eigenvalue weighted by Crippen LogP contribution is 2.25. The molecule has 0 saturated heterocycles. The van der Waals surface area contributed by atoms with Crippen LogP contribution in [0.15, 0.2) is 77.9 Å². The molecule has 0 fully saturated rings. The molecular formula is C25H25N5O5S2. The van der Waals surface area contributed by atoms with Gasteiger partial charge in [0.25, 0.3) is 5.91 Å². The number of hydrazone groups is 1. The van der Waals surface area contributed by atoms with Gasteiger partial charge in [0, 0.05) is 12.1 Å². The van der Waals surface area contributed by atoms with Crippen molar-refractivity contribution in [2.24, 2.45) is 10.9 Å². The van der Waals surface area contributed by atoms with Gasteiger partial charge < -0.3 is 11.2 Å². The van der Waals surface area contributed by atoms with Crippen molar-refractivity contribution in [1.29, 1.82) is 5.26 Å². The molecule has 0 saturated carbocycles. The fraction of sp³-hybridized carbons (Fsp3) is 0.160. The van der Waals surface area contributed by atoms with Crippen LogP contribution in [0.25, 0.3) is 11.1 Å². The molecule has 3 aromatic rings. The monoisotopic (exact) mass is 539 g/mol. The maximum absolute atomic E-state index is 13.4. The number of sulfonamides is 2. The average molecular weight is 540 g/mol. The molecule has 0 aliphatic carbocycles. The number of anilines is 1. The number of nitrogens with two attached hydrogens (primary N) is 1. The van der Waals surface area contributed by atoms with E-state index in [2.05, 4.69) is 16.5 Å². The molecule has 0 aromatic heterocycles. The lowest BCUT2D eigenvalue weighted by Crippen LogP contribution is -2.49. The van der Waals surface area contributed by atoms with Crippen molar-refractivity contribution in [3.8, 4) is 17.2 Å². The molecule has 1 amide bonds. The first-order chi connectivity index (χ1) is 17.4. The topological polar surface area (TPSA) is 163 Å². The lowest BCUT2D eigenvalue weighted by atomic mass is 10.00. The van der Waals surface area contributed by atoms with E-state index in [1.54, 1.807) is 66.7 Å². The van der Waals surface area contributed by atoms with Crippen molar-refractivity contribution in [3.05, 3.63) is 89.5 Å². The molecule has 192 valence electrons. The summed E-state index contributed by atoms with van der Waals surface area (Å²) in [4.78, 5) is 13.4. The van der Waals surface area contributed by atoms with Crippen molar-refractivity contribution >= 4 is 37.9 Å². The van der Waals surface area contributed by atoms with Crippen LogP contribution in [0.4, 0.5) is 5.69 Å². The van der Waals surface area contributed by atoms with Crippen LogP contribution in [0.3, 0.4) is 0 Å². The number of amides is 1. The highest BCUT2D eigenvalue weighted by Gasteiger charge is 2.37. The van der Waals surface area contributed by atoms with Gasteiger partial charge in [0.2, 0.25) is 20.0 Å². The number of nitriles is 1. The number of carbonyl (C=O) groups is 1. The van der Waals surface area contributed by atoms with Gasteiger partial charge in [0.1, 0.15) is 6.04 Å². The number of benzene rings is 3. The van der Waals surface area contributed by atoms with Gasteiger partial charge in [-0.05, 0) is 40.5 Å². The van der Waals surface area contributed by atoms with E-state index in [4.69, 9.17) is 5.84 Å². The molecule has 3 aromatic carbocycles. The Kier molecular flexibility index (Phi) is 8.31. The molecular weight excluding hydrogens is 514 g/mol. The Balaban J connectivity index is 2.00. The second-order valence-electron chi connectivity index (χ2n) is 8.22. The zero-order valence-corrected chi connectivity index (χ0v) is 21.7. The number of carbonyl (C=O) groups excluding carboxylic acids is 1. The third-order valence-corrected chi connectivity index (χ3v) is 8.47. The molecule has 3 N–H and O–H groups in total. The SMILES string of the molecule is CS(=O)(=O)N(C(=O)[C@H](Cc1cccc(C=NN)c1)Nc1ccc(-c2ccccc2C#N)cc1)S(C)(=O)=O. The smallest absolute Gasteiger partial charge is 0.272 e. The number of hydrogen-bond donors (Lipinski definition) is 2. The molecule has 0 spiro atoms. The Labute approximate surface area is 216 Å². The van der Waals surface area contributed by atoms with Crippen LogP contribution in [0.2, 0.25) is 0 Å². The number of nitrogens with one attached hydrogen (secondary N) is 1. The second-order valence-corrected chi connectivity index (χ2v) is 12.1. The first kappa shape index (κ1) is 27.4. The zero-order valence-electron chi connectivity index (χ0n) is 20.1. The summed E-state index contributed by atoms with van der Waals surface area (Å²) in [7, 11) is -8.86. The van der Waals surface area contributed by atoms with Crippen LogP contribution in [0.1, 0.15) is 16.7 Å². The summed E-state index contributed by atoms with van der Waals surface area (Å²) in [5, 5.41) is 15.8. The summed E-state index contributed by atoms with van der Waals surface area (Å²) in [5.41, 5.74) is 3.68. The van der Waals surface area contributed by atoms with E-state index >= 15 is 0 Å². The highest BCUT2D eigenvalue weighted by atomic mass is 32.3. The van der Waals surface area contributed by atoms with Gasteiger partial charge in [0.15, 0.2) is 0 Å². The van der Waals surface area contributed by atoms with Crippen LogP contribution in [-0.4, -0.2) is 51.2 Å². The molecule has 0 heterocycles. The Morgan fingerprint density at radius 3 is 2.27 bits per heavy atom. The Morgan fingerprint density at radius 1 is 1.03 bits per heavy atom. The molecule has 0 radical (unpaired) electrons. The Bertz CT molecular complexity index is 1550. The molecule has 0 bridgehead atoms. The molecule has 0 unspecified atom stereocenters. The second kappa shape index (κ2) is 11.2. The quantitative estimate of drug-likeness (QED) is 0.238. The summed E-state index contributed by atoms with van der Waals surface area (Å²) < 4.78 is 49.0. The van der Waals surface area contributed by atoms with Crippen LogP contribution in [0, 0.1) is 11.3 Å². The third-order valence-electron chi connectivity index (χ3n) is 5.28. The van der Waals surface area contributed by atoms with E-state index < -0.39 is 32.0 Å². The van der Waals surface area contributed by atoms with Crippen molar-refractivity contribution in [1.82, 2.24) is 3.71 Å². The van der Waals surface area contributed by atoms with E-state index in [-0.39, 0.29) is 10.1 Å². The zero-order chi connectivity index (χ0) is 27.2. The first-order valence-corrected chi connectivity index (χ1v) is 14.6. The van der Waals surface area contributed by atoms with E-state index in [9.17, 15) is 26.9 Å². The van der Waals surface area contributed by atoms with Gasteiger partial charge in [-0.15, -0.1) is 3.71 Å². The predicted molar refractivity (Wildman–Crippen MR) is 142 cm³/mol. The van der Waals surface area contributed by atoms with Crippen molar-refractivity contribution in [2.75, 3.05) is 17.8 Å². The molecule has 0 aliphatic heterocycles. The van der Waals surface area contributed by atoms with Crippen LogP contribution < -0.4 is 11.2 Å². The molecule has 3 rings (SSSR count). The summed E-state index contributed by atoms with van der Waals surface area (Å²) in [6, 6.07) is 21.6. The fourth-order valence-electron chi connectivity index (χ4n) is 3.80. The standard InChI is InChI=1S/C25H25N5O5S2/c1-36(32,33)30(37(2,34)35)25(31)24(15-18-6-5-7-19(14-18)17-28-27)29-22-12-10-20(11-13-22)23-9-4-3-8-21(23)16-26/h3-14,17,24,29H,15,27H2,1-2H3/t24-/m0/s1. The molecule has 1 atom stereocenters. The summed E-state index contributed by atoms with van der Waals surface area (Å²) in [6.07, 6.45) is 2.68. The lowest BCUT2D eigenvalue weighted by Gasteiger charge is -2.25. The normalized spacial score (nSPS) is 12.6. The number of hydrogen-bond acceptors (Lipinski definition) is 9. The summed E-state index contributed by atoms with van der Waals surface area (Å²) in [6.45, 7) is 0. The number of nitrogens with zero attached hydrogens (tertiary/aromatic N) is 3. The highest BCUT2D eigenvalue weighted by molar-refractivity contribution is 8.04. The minimum absolute atomic E-state index is 0.0361. The van der Waals surface area contributed by atoms with E-state index in [0.717, 1.165) is 11.1 Å². The maximum atomic E-state index is 13.4. The van der Waals surface area contributed by atoms with Gasteiger partial charge in [-0.25, -0.2) is 16.8 Å². The fourth-order valence-corrected chi connectivity index (χ4v) is 6.68. The van der Waals surface area contributed by atoms with Gasteiger partial charge in [-0.3, -0.25) is 4.79 Å².